The third kappa shape index (κ3) is 3.98. The molecule has 1 atom stereocenters. The van der Waals surface area contributed by atoms with Crippen molar-refractivity contribution in [2.24, 2.45) is 5.92 Å². The second-order valence-corrected chi connectivity index (χ2v) is 7.03. The molecule has 0 spiro atoms. The molecule has 140 valence electrons. The minimum atomic E-state index is -0.0849. The fourth-order valence-corrected chi connectivity index (χ4v) is 3.53. The van der Waals surface area contributed by atoms with E-state index in [0.29, 0.717) is 36.0 Å². The highest BCUT2D eigenvalue weighted by Gasteiger charge is 2.21. The second-order valence-electron chi connectivity index (χ2n) is 7.03. The number of rotatable bonds is 6. The van der Waals surface area contributed by atoms with Crippen molar-refractivity contribution in [3.05, 3.63) is 65.4 Å². The zero-order chi connectivity index (χ0) is 18.6. The van der Waals surface area contributed by atoms with Crippen LogP contribution in [0.2, 0.25) is 0 Å². The predicted molar refractivity (Wildman–Crippen MR) is 105 cm³/mol. The van der Waals surface area contributed by atoms with Crippen molar-refractivity contribution in [1.82, 2.24) is 10.6 Å². The Balaban J connectivity index is 1.51. The van der Waals surface area contributed by atoms with Crippen LogP contribution in [0.25, 0.3) is 11.0 Å². The van der Waals surface area contributed by atoms with Crippen molar-refractivity contribution < 1.29 is 13.9 Å². The first-order valence-corrected chi connectivity index (χ1v) is 9.39. The molecule has 1 saturated heterocycles. The maximum atomic E-state index is 12.8. The molecule has 2 aromatic carbocycles. The predicted octanol–water partition coefficient (Wildman–Crippen LogP) is 3.66. The van der Waals surface area contributed by atoms with Crippen molar-refractivity contribution in [2.75, 3.05) is 19.6 Å². The van der Waals surface area contributed by atoms with Gasteiger partial charge in [0.25, 0.3) is 5.91 Å². The minimum Gasteiger partial charge on any atom is -0.489 e. The van der Waals surface area contributed by atoms with E-state index in [2.05, 4.69) is 10.6 Å². The number of benzene rings is 2. The molecule has 27 heavy (non-hydrogen) atoms. The molecule has 1 aliphatic rings. The number of fused-ring (bicyclic) bond motifs is 1. The molecule has 0 radical (unpaired) electrons. The first kappa shape index (κ1) is 17.6. The van der Waals surface area contributed by atoms with Gasteiger partial charge in [-0.2, -0.15) is 0 Å². The summed E-state index contributed by atoms with van der Waals surface area (Å²) >= 11 is 0. The highest BCUT2D eigenvalue weighted by atomic mass is 16.5. The van der Waals surface area contributed by atoms with Crippen LogP contribution in [0, 0.1) is 12.8 Å². The van der Waals surface area contributed by atoms with Crippen molar-refractivity contribution in [1.29, 1.82) is 0 Å². The topological polar surface area (TPSA) is 63.5 Å². The van der Waals surface area contributed by atoms with Gasteiger partial charge < -0.3 is 19.8 Å². The van der Waals surface area contributed by atoms with E-state index in [-0.39, 0.29) is 5.91 Å². The maximum Gasteiger partial charge on any atom is 0.255 e. The number of aryl methyl sites for hydroxylation is 1. The third-order valence-corrected chi connectivity index (χ3v) is 5.02. The quantitative estimate of drug-likeness (QED) is 0.701. The van der Waals surface area contributed by atoms with E-state index in [4.69, 9.17) is 9.15 Å². The number of ether oxygens (including phenoxy) is 1. The molecule has 1 amide bonds. The molecule has 2 N–H and O–H groups in total. The number of amides is 1. The van der Waals surface area contributed by atoms with Gasteiger partial charge in [-0.25, -0.2) is 0 Å². The number of hydrogen-bond acceptors (Lipinski definition) is 4. The Morgan fingerprint density at radius 1 is 1.26 bits per heavy atom. The molecule has 1 fully saturated rings. The average Bonchev–Trinajstić information content (AvgIpc) is 3.32. The van der Waals surface area contributed by atoms with E-state index in [1.165, 1.54) is 0 Å². The van der Waals surface area contributed by atoms with Crippen LogP contribution in [-0.2, 0) is 6.61 Å². The summed E-state index contributed by atoms with van der Waals surface area (Å²) in [5.74, 6) is 1.77. The number of carbonyl (C=O) groups is 1. The second kappa shape index (κ2) is 7.84. The summed E-state index contributed by atoms with van der Waals surface area (Å²) in [5.41, 5.74) is 2.40. The van der Waals surface area contributed by atoms with Crippen molar-refractivity contribution >= 4 is 16.9 Å². The van der Waals surface area contributed by atoms with Crippen LogP contribution in [-0.4, -0.2) is 25.5 Å². The normalized spacial score (nSPS) is 16.6. The van der Waals surface area contributed by atoms with E-state index in [0.717, 1.165) is 36.2 Å². The van der Waals surface area contributed by atoms with Gasteiger partial charge in [-0.3, -0.25) is 4.79 Å². The van der Waals surface area contributed by atoms with Crippen LogP contribution in [0.3, 0.4) is 0 Å². The van der Waals surface area contributed by atoms with Gasteiger partial charge in [-0.1, -0.05) is 30.3 Å². The molecule has 1 aliphatic heterocycles. The number of furan rings is 1. The standard InChI is InChI=1S/C22H24N2O3/c1-15-21(22(25)24-13-17-9-10-23-12-17)19-11-18(7-8-20(19)27-15)26-14-16-5-3-2-4-6-16/h2-8,11,17,23H,9-10,12-14H2,1H3,(H,24,25). The molecule has 0 aliphatic carbocycles. The Bertz CT molecular complexity index is 927. The summed E-state index contributed by atoms with van der Waals surface area (Å²) in [7, 11) is 0. The molecule has 1 unspecified atom stereocenters. The first-order valence-electron chi connectivity index (χ1n) is 9.39. The SMILES string of the molecule is Cc1oc2ccc(OCc3ccccc3)cc2c1C(=O)NCC1CCNC1. The minimum absolute atomic E-state index is 0.0849. The van der Waals surface area contributed by atoms with Crippen LogP contribution in [0.15, 0.2) is 52.9 Å². The summed E-state index contributed by atoms with van der Waals surface area (Å²) in [4.78, 5) is 12.8. The van der Waals surface area contributed by atoms with E-state index in [1.54, 1.807) is 0 Å². The Labute approximate surface area is 158 Å². The van der Waals surface area contributed by atoms with Crippen molar-refractivity contribution in [3.63, 3.8) is 0 Å². The molecular formula is C22H24N2O3. The zero-order valence-electron chi connectivity index (χ0n) is 15.5. The van der Waals surface area contributed by atoms with Crippen LogP contribution in [0.5, 0.6) is 5.75 Å². The van der Waals surface area contributed by atoms with Crippen LogP contribution >= 0.6 is 0 Å². The molecule has 2 heterocycles. The van der Waals surface area contributed by atoms with E-state index in [9.17, 15) is 4.79 Å². The summed E-state index contributed by atoms with van der Waals surface area (Å²) in [5, 5.41) is 7.17. The third-order valence-electron chi connectivity index (χ3n) is 5.02. The molecule has 0 saturated carbocycles. The van der Waals surface area contributed by atoms with Crippen LogP contribution in [0.1, 0.15) is 28.1 Å². The zero-order valence-corrected chi connectivity index (χ0v) is 15.5. The van der Waals surface area contributed by atoms with Gasteiger partial charge in [0.05, 0.1) is 5.56 Å². The van der Waals surface area contributed by atoms with Gasteiger partial charge in [0.2, 0.25) is 0 Å². The van der Waals surface area contributed by atoms with Crippen LogP contribution in [0.4, 0.5) is 0 Å². The fraction of sp³-hybridized carbons (Fsp3) is 0.318. The van der Waals surface area contributed by atoms with Gasteiger partial charge in [0, 0.05) is 11.9 Å². The Hall–Kier alpha value is -2.79. The summed E-state index contributed by atoms with van der Waals surface area (Å²) in [6.07, 6.45) is 1.10. The lowest BCUT2D eigenvalue weighted by Gasteiger charge is -2.10. The van der Waals surface area contributed by atoms with Gasteiger partial charge in [-0.15, -0.1) is 0 Å². The molecule has 3 aromatic rings. The largest absolute Gasteiger partial charge is 0.489 e. The molecule has 4 rings (SSSR count). The van der Waals surface area contributed by atoms with Gasteiger partial charge in [0.15, 0.2) is 0 Å². The molecule has 0 bridgehead atoms. The molecule has 5 heteroatoms. The molecular weight excluding hydrogens is 340 g/mol. The first-order chi connectivity index (χ1) is 13.2. The molecule has 1 aromatic heterocycles. The van der Waals surface area contributed by atoms with E-state index in [1.807, 2.05) is 55.5 Å². The molecule has 5 nitrogen and oxygen atoms in total. The fourth-order valence-electron chi connectivity index (χ4n) is 3.53. The lowest BCUT2D eigenvalue weighted by molar-refractivity contribution is 0.0948. The monoisotopic (exact) mass is 364 g/mol. The average molecular weight is 364 g/mol. The summed E-state index contributed by atoms with van der Waals surface area (Å²) in [6.45, 7) is 4.98. The number of carbonyl (C=O) groups excluding carboxylic acids is 1. The van der Waals surface area contributed by atoms with Crippen LogP contribution < -0.4 is 15.4 Å². The Morgan fingerprint density at radius 2 is 2.11 bits per heavy atom. The van der Waals surface area contributed by atoms with E-state index < -0.39 is 0 Å². The maximum absolute atomic E-state index is 12.8. The number of hydrogen-bond donors (Lipinski definition) is 2. The summed E-state index contributed by atoms with van der Waals surface area (Å²) < 4.78 is 11.7. The Kier molecular flexibility index (Phi) is 5.12. The van der Waals surface area contributed by atoms with Gasteiger partial charge in [0.1, 0.15) is 23.7 Å². The van der Waals surface area contributed by atoms with Crippen molar-refractivity contribution in [3.8, 4) is 5.75 Å². The van der Waals surface area contributed by atoms with E-state index >= 15 is 0 Å². The Morgan fingerprint density at radius 3 is 2.89 bits per heavy atom. The van der Waals surface area contributed by atoms with Crippen molar-refractivity contribution in [2.45, 2.75) is 20.0 Å². The number of nitrogens with one attached hydrogen (secondary N) is 2. The smallest absolute Gasteiger partial charge is 0.255 e. The summed E-state index contributed by atoms with van der Waals surface area (Å²) in [6, 6.07) is 15.6. The lowest BCUT2D eigenvalue weighted by Crippen LogP contribution is -2.30. The van der Waals surface area contributed by atoms with Gasteiger partial charge in [-0.05, 0) is 56.1 Å². The van der Waals surface area contributed by atoms with Gasteiger partial charge >= 0.3 is 0 Å². The lowest BCUT2D eigenvalue weighted by atomic mass is 10.1. The highest BCUT2D eigenvalue weighted by Crippen LogP contribution is 2.29. The highest BCUT2D eigenvalue weighted by molar-refractivity contribution is 6.07.